The van der Waals surface area contributed by atoms with Crippen molar-refractivity contribution in [2.45, 2.75) is 10.4 Å². The summed E-state index contributed by atoms with van der Waals surface area (Å²) in [5.41, 5.74) is -2.44. The molecule has 10 heteroatoms. The van der Waals surface area contributed by atoms with Crippen molar-refractivity contribution in [3.05, 3.63) is 64.2 Å². The number of rotatable bonds is 5. The Morgan fingerprint density at radius 3 is 2.64 bits per heavy atom. The molecule has 0 bridgehead atoms. The number of nitro groups is 1. The van der Waals surface area contributed by atoms with Crippen molar-refractivity contribution in [3.8, 4) is 0 Å². The van der Waals surface area contributed by atoms with Crippen LogP contribution in [0.15, 0.2) is 53.5 Å². The number of sulfonamides is 1. The topological polar surface area (TPSA) is 133 Å². The minimum absolute atomic E-state index is 0.273. The molecular weight excluding hydrogens is 352 g/mol. The molecule has 131 valence electrons. The molecule has 2 rings (SSSR count). The highest BCUT2D eigenvalue weighted by molar-refractivity contribution is 7.90. The van der Waals surface area contributed by atoms with Crippen LogP contribution < -0.4 is 4.72 Å². The summed E-state index contributed by atoms with van der Waals surface area (Å²) >= 11 is 0. The lowest BCUT2D eigenvalue weighted by Gasteiger charge is -2.28. The summed E-state index contributed by atoms with van der Waals surface area (Å²) in [6, 6.07) is 5.04. The molecule has 0 fully saturated rings. The molecule has 1 aliphatic rings. The van der Waals surface area contributed by atoms with Crippen LogP contribution in [0.1, 0.15) is 5.56 Å². The van der Waals surface area contributed by atoms with Gasteiger partial charge in [0.05, 0.1) is 17.6 Å². The van der Waals surface area contributed by atoms with Crippen LogP contribution >= 0.6 is 0 Å². The molecule has 0 heterocycles. The highest BCUT2D eigenvalue weighted by Gasteiger charge is 2.53. The normalized spacial score (nSPS) is 22.2. The first-order chi connectivity index (χ1) is 11.8. The Bertz CT molecular complexity index is 876. The van der Waals surface area contributed by atoms with Gasteiger partial charge in [-0.1, -0.05) is 36.4 Å². The summed E-state index contributed by atoms with van der Waals surface area (Å²) in [6.07, 6.45) is 5.47. The smallest absolute Gasteiger partial charge is 0.420 e. The van der Waals surface area contributed by atoms with Crippen LogP contribution in [0.25, 0.3) is 0 Å². The van der Waals surface area contributed by atoms with Crippen LogP contribution in [0, 0.1) is 16.0 Å². The number of hydrogen-bond donors (Lipinski definition) is 1. The Hall–Kier alpha value is -3.01. The van der Waals surface area contributed by atoms with E-state index in [-0.39, 0.29) is 5.56 Å². The molecule has 1 aromatic rings. The number of methoxy groups -OCH3 is 1. The summed E-state index contributed by atoms with van der Waals surface area (Å²) in [5.74, 6) is -1.35. The summed E-state index contributed by atoms with van der Waals surface area (Å²) in [5, 5.41) is 11.8. The van der Waals surface area contributed by atoms with E-state index < -0.39 is 37.4 Å². The van der Waals surface area contributed by atoms with Crippen LogP contribution in [0.2, 0.25) is 0 Å². The van der Waals surface area contributed by atoms with Gasteiger partial charge in [0.1, 0.15) is 5.92 Å². The maximum atomic E-state index is 12.4. The molecule has 1 amide bonds. The Morgan fingerprint density at radius 1 is 1.36 bits per heavy atom. The third-order valence-electron chi connectivity index (χ3n) is 3.68. The van der Waals surface area contributed by atoms with Crippen molar-refractivity contribution in [1.82, 2.24) is 4.72 Å². The second-order valence-corrected chi connectivity index (χ2v) is 6.67. The van der Waals surface area contributed by atoms with E-state index in [0.29, 0.717) is 0 Å². The summed E-state index contributed by atoms with van der Waals surface area (Å²) < 4.78 is 30.8. The predicted octanol–water partition coefficient (Wildman–Crippen LogP) is 1.06. The van der Waals surface area contributed by atoms with Crippen molar-refractivity contribution in [2.75, 3.05) is 7.11 Å². The number of ether oxygens (including phenoxy) is 1. The molecule has 25 heavy (non-hydrogen) atoms. The number of nitrogens with one attached hydrogen (secondary N) is 1. The van der Waals surface area contributed by atoms with E-state index >= 15 is 0 Å². The zero-order chi connectivity index (χ0) is 18.7. The van der Waals surface area contributed by atoms with E-state index in [9.17, 15) is 28.1 Å². The number of nitrogens with zero attached hydrogens (tertiary/aromatic N) is 1. The minimum Gasteiger partial charge on any atom is -0.452 e. The Kier molecular flexibility index (Phi) is 5.02. The fourth-order valence-electron chi connectivity index (χ4n) is 2.53. The van der Waals surface area contributed by atoms with Crippen molar-refractivity contribution in [2.24, 2.45) is 5.92 Å². The maximum absolute atomic E-state index is 12.4. The standard InChI is InChI=1S/C15H13N2O7S/c1-24-14(19)16-25(22,23)13-8-3-2-7-12(13)15(17(20)21)9-5-4-6-11(15)10-18/h2-9,11H,1H3,(H,16,19). The maximum Gasteiger partial charge on any atom is 0.420 e. The van der Waals surface area contributed by atoms with Gasteiger partial charge in [-0.15, -0.1) is 0 Å². The van der Waals surface area contributed by atoms with Crippen LogP contribution in [0.4, 0.5) is 4.79 Å². The van der Waals surface area contributed by atoms with Crippen LogP contribution in [-0.4, -0.2) is 32.8 Å². The predicted molar refractivity (Wildman–Crippen MR) is 85.3 cm³/mol. The first-order valence-electron chi connectivity index (χ1n) is 6.88. The highest BCUT2D eigenvalue weighted by Crippen LogP contribution is 2.40. The van der Waals surface area contributed by atoms with E-state index in [1.165, 1.54) is 36.4 Å². The number of allylic oxidation sites excluding steroid dienone is 2. The lowest BCUT2D eigenvalue weighted by atomic mass is 9.76. The largest absolute Gasteiger partial charge is 0.452 e. The summed E-state index contributed by atoms with van der Waals surface area (Å²) in [4.78, 5) is 33.1. The monoisotopic (exact) mass is 365 g/mol. The summed E-state index contributed by atoms with van der Waals surface area (Å²) in [7, 11) is -3.50. The first-order valence-corrected chi connectivity index (χ1v) is 8.36. The SMILES string of the molecule is COC(=O)NS(=O)(=O)c1ccccc1C1([N+](=O)[O-])C=CC=CC1[C]=O. The lowest BCUT2D eigenvalue weighted by Crippen LogP contribution is -2.44. The molecule has 1 N–H and O–H groups in total. The lowest BCUT2D eigenvalue weighted by molar-refractivity contribution is -0.569. The number of amides is 1. The second kappa shape index (κ2) is 6.85. The van der Waals surface area contributed by atoms with Crippen molar-refractivity contribution in [1.29, 1.82) is 0 Å². The fourth-order valence-corrected chi connectivity index (χ4v) is 3.72. The van der Waals surface area contributed by atoms with Crippen molar-refractivity contribution < 1.29 is 27.7 Å². The molecule has 1 radical (unpaired) electrons. The van der Waals surface area contributed by atoms with Gasteiger partial charge in [-0.3, -0.25) is 14.9 Å². The second-order valence-electron chi connectivity index (χ2n) is 5.02. The van der Waals surface area contributed by atoms with Crippen LogP contribution in [0.5, 0.6) is 0 Å². The average Bonchev–Trinajstić information content (AvgIpc) is 2.60. The summed E-state index contributed by atoms with van der Waals surface area (Å²) in [6.45, 7) is 0. The van der Waals surface area contributed by atoms with Crippen molar-refractivity contribution in [3.63, 3.8) is 0 Å². The molecule has 9 nitrogen and oxygen atoms in total. The quantitative estimate of drug-likeness (QED) is 0.609. The molecule has 1 aliphatic carbocycles. The van der Waals surface area contributed by atoms with E-state index in [4.69, 9.17) is 0 Å². The molecule has 0 aliphatic heterocycles. The molecule has 2 atom stereocenters. The van der Waals surface area contributed by atoms with E-state index in [1.54, 1.807) is 11.0 Å². The molecule has 0 aromatic heterocycles. The zero-order valence-corrected chi connectivity index (χ0v) is 13.7. The third-order valence-corrected chi connectivity index (χ3v) is 5.05. The molecule has 0 spiro atoms. The van der Waals surface area contributed by atoms with Gasteiger partial charge in [0.25, 0.3) is 15.6 Å². The molecule has 2 unspecified atom stereocenters. The molecule has 1 aromatic carbocycles. The van der Waals surface area contributed by atoms with Crippen LogP contribution in [0.3, 0.4) is 0 Å². The number of carbonyl (C=O) groups excluding carboxylic acids is 2. The average molecular weight is 365 g/mol. The fraction of sp³-hybridized carbons (Fsp3) is 0.200. The highest BCUT2D eigenvalue weighted by atomic mass is 32.2. The van der Waals surface area contributed by atoms with E-state index in [2.05, 4.69) is 4.74 Å². The Balaban J connectivity index is 2.73. The third kappa shape index (κ3) is 3.15. The van der Waals surface area contributed by atoms with Gasteiger partial charge in [-0.2, -0.15) is 0 Å². The van der Waals surface area contributed by atoms with E-state index in [1.807, 2.05) is 0 Å². The van der Waals surface area contributed by atoms with Gasteiger partial charge in [0.15, 0.2) is 0 Å². The molecule has 0 saturated carbocycles. The molecular formula is C15H13N2O7S. The van der Waals surface area contributed by atoms with Crippen molar-refractivity contribution >= 4 is 22.4 Å². The zero-order valence-electron chi connectivity index (χ0n) is 12.9. The first kappa shape index (κ1) is 18.3. The Morgan fingerprint density at radius 2 is 2.04 bits per heavy atom. The number of hydrogen-bond acceptors (Lipinski definition) is 7. The van der Waals surface area contributed by atoms with Gasteiger partial charge in [0.2, 0.25) is 6.29 Å². The Labute approximate surface area is 143 Å². The van der Waals surface area contributed by atoms with E-state index in [0.717, 1.165) is 19.3 Å². The van der Waals surface area contributed by atoms with Gasteiger partial charge in [-0.25, -0.2) is 17.9 Å². The molecule has 0 saturated heterocycles. The van der Waals surface area contributed by atoms with Gasteiger partial charge in [0, 0.05) is 4.92 Å². The number of carbonyl (C=O) groups is 1. The van der Waals surface area contributed by atoms with Crippen LogP contribution in [-0.2, 0) is 25.1 Å². The minimum atomic E-state index is -4.47. The van der Waals surface area contributed by atoms with Gasteiger partial charge >= 0.3 is 6.09 Å². The van der Waals surface area contributed by atoms with Gasteiger partial charge in [-0.05, 0) is 12.1 Å². The number of benzene rings is 1. The van der Waals surface area contributed by atoms with Gasteiger partial charge < -0.3 is 4.74 Å².